The number of carbonyl (C=O) groups excluding carboxylic acids is 6. The van der Waals surface area contributed by atoms with Crippen molar-refractivity contribution in [3.63, 3.8) is 0 Å². The number of amides is 6. The summed E-state index contributed by atoms with van der Waals surface area (Å²) in [6.07, 6.45) is 1.15. The predicted molar refractivity (Wildman–Crippen MR) is 124 cm³/mol. The number of fused-ring (bicyclic) bond motifs is 1. The van der Waals surface area contributed by atoms with Crippen molar-refractivity contribution in [1.29, 1.82) is 0 Å². The molecule has 6 amide bonds. The van der Waals surface area contributed by atoms with Crippen LogP contribution in [0, 0.1) is 6.92 Å². The molecule has 4 rings (SSSR count). The second kappa shape index (κ2) is 9.88. The first-order valence-corrected chi connectivity index (χ1v) is 11.2. The average Bonchev–Trinajstić information content (AvgIpc) is 3.07. The van der Waals surface area contributed by atoms with Crippen LogP contribution in [-0.4, -0.2) is 52.9 Å². The summed E-state index contributed by atoms with van der Waals surface area (Å²) in [4.78, 5) is 74.1. The lowest BCUT2D eigenvalue weighted by Gasteiger charge is -2.27. The molecule has 0 aliphatic carbocycles. The zero-order chi connectivity index (χ0) is 25.1. The van der Waals surface area contributed by atoms with Crippen LogP contribution in [-0.2, 0) is 25.6 Å². The molecule has 1 fully saturated rings. The molecule has 10 nitrogen and oxygen atoms in total. The number of benzene rings is 2. The van der Waals surface area contributed by atoms with E-state index in [0.717, 1.165) is 16.0 Å². The third kappa shape index (κ3) is 5.11. The molecule has 2 aromatic rings. The minimum absolute atomic E-state index is 0.0593. The van der Waals surface area contributed by atoms with Gasteiger partial charge < -0.3 is 10.6 Å². The molecule has 35 heavy (non-hydrogen) atoms. The molecule has 1 unspecified atom stereocenters. The zero-order valence-electron chi connectivity index (χ0n) is 19.1. The Balaban J connectivity index is 1.30. The molecule has 0 saturated carbocycles. The molecule has 2 aromatic carbocycles. The van der Waals surface area contributed by atoms with E-state index in [2.05, 4.69) is 16.0 Å². The lowest BCUT2D eigenvalue weighted by molar-refractivity contribution is -0.136. The highest BCUT2D eigenvalue weighted by Gasteiger charge is 2.44. The van der Waals surface area contributed by atoms with Crippen molar-refractivity contribution in [2.45, 2.75) is 38.6 Å². The summed E-state index contributed by atoms with van der Waals surface area (Å²) in [7, 11) is 0. The molecule has 3 N–H and O–H groups in total. The SMILES string of the molecule is Cc1ccc(NC(=O)C(=O)NCCCc2ccc3c(c2)C(=O)N(C2CCC(=O)NC2=O)C3=O)cc1. The Morgan fingerprint density at radius 3 is 2.40 bits per heavy atom. The van der Waals surface area contributed by atoms with Gasteiger partial charge in [0.1, 0.15) is 6.04 Å². The number of imide groups is 2. The van der Waals surface area contributed by atoms with Crippen molar-refractivity contribution in [1.82, 2.24) is 15.5 Å². The number of anilines is 1. The third-order valence-electron chi connectivity index (χ3n) is 5.95. The highest BCUT2D eigenvalue weighted by atomic mass is 16.2. The van der Waals surface area contributed by atoms with E-state index in [9.17, 15) is 28.8 Å². The van der Waals surface area contributed by atoms with Crippen molar-refractivity contribution in [2.24, 2.45) is 0 Å². The van der Waals surface area contributed by atoms with Crippen LogP contribution in [0.4, 0.5) is 5.69 Å². The minimum atomic E-state index is -1.01. The Kier molecular flexibility index (Phi) is 6.72. The lowest BCUT2D eigenvalue weighted by atomic mass is 10.0. The van der Waals surface area contributed by atoms with E-state index in [1.807, 2.05) is 19.1 Å². The largest absolute Gasteiger partial charge is 0.348 e. The fourth-order valence-electron chi connectivity index (χ4n) is 4.07. The molecule has 2 heterocycles. The molecule has 0 aromatic heterocycles. The highest BCUT2D eigenvalue weighted by molar-refractivity contribution is 6.39. The number of piperidine rings is 1. The Labute approximate surface area is 201 Å². The molecule has 10 heteroatoms. The van der Waals surface area contributed by atoms with E-state index in [-0.39, 0.29) is 30.5 Å². The molecule has 1 atom stereocenters. The number of nitrogens with one attached hydrogen (secondary N) is 3. The summed E-state index contributed by atoms with van der Waals surface area (Å²) in [6, 6.07) is 10.9. The van der Waals surface area contributed by atoms with Crippen LogP contribution in [0.15, 0.2) is 42.5 Å². The van der Waals surface area contributed by atoms with Gasteiger partial charge in [0.15, 0.2) is 0 Å². The highest BCUT2D eigenvalue weighted by Crippen LogP contribution is 2.28. The maximum atomic E-state index is 12.9. The first kappa shape index (κ1) is 23.8. The van der Waals surface area contributed by atoms with Gasteiger partial charge in [-0.3, -0.25) is 39.0 Å². The summed E-state index contributed by atoms with van der Waals surface area (Å²) in [5, 5.41) is 7.25. The standard InChI is InChI=1S/C25H24N4O6/c1-14-4-7-16(8-5-14)27-23(33)22(32)26-12-2-3-15-6-9-17-18(13-15)25(35)29(24(17)34)19-10-11-20(30)28-21(19)31/h4-9,13,19H,2-3,10-12H2,1H3,(H,26,32)(H,27,33)(H,28,30,31). The van der Waals surface area contributed by atoms with Crippen LogP contribution in [0.3, 0.4) is 0 Å². The van der Waals surface area contributed by atoms with Crippen molar-refractivity contribution in [3.05, 3.63) is 64.7 Å². The topological polar surface area (TPSA) is 142 Å². The lowest BCUT2D eigenvalue weighted by Crippen LogP contribution is -2.54. The number of carbonyl (C=O) groups is 6. The van der Waals surface area contributed by atoms with E-state index in [0.29, 0.717) is 18.5 Å². The second-order valence-electron chi connectivity index (χ2n) is 8.51. The van der Waals surface area contributed by atoms with E-state index in [1.165, 1.54) is 0 Å². The first-order valence-electron chi connectivity index (χ1n) is 11.2. The maximum absolute atomic E-state index is 12.9. The number of rotatable bonds is 6. The maximum Gasteiger partial charge on any atom is 0.313 e. The molecule has 0 radical (unpaired) electrons. The number of hydrogen-bond acceptors (Lipinski definition) is 6. The van der Waals surface area contributed by atoms with E-state index in [4.69, 9.17) is 0 Å². The van der Waals surface area contributed by atoms with Gasteiger partial charge in [0.2, 0.25) is 11.8 Å². The number of hydrogen-bond donors (Lipinski definition) is 3. The molecular formula is C25H24N4O6. The molecule has 0 bridgehead atoms. The normalized spacial score (nSPS) is 17.2. The Morgan fingerprint density at radius 1 is 0.971 bits per heavy atom. The summed E-state index contributed by atoms with van der Waals surface area (Å²) < 4.78 is 0. The van der Waals surface area contributed by atoms with E-state index < -0.39 is 41.5 Å². The van der Waals surface area contributed by atoms with Gasteiger partial charge in [-0.15, -0.1) is 0 Å². The van der Waals surface area contributed by atoms with Crippen LogP contribution < -0.4 is 16.0 Å². The predicted octanol–water partition coefficient (Wildman–Crippen LogP) is 1.08. The molecular weight excluding hydrogens is 452 g/mol. The van der Waals surface area contributed by atoms with Gasteiger partial charge >= 0.3 is 11.8 Å². The van der Waals surface area contributed by atoms with Crippen LogP contribution in [0.2, 0.25) is 0 Å². The summed E-state index contributed by atoms with van der Waals surface area (Å²) in [6.45, 7) is 2.16. The third-order valence-corrected chi connectivity index (χ3v) is 5.95. The smallest absolute Gasteiger partial charge is 0.313 e. The van der Waals surface area contributed by atoms with E-state index >= 15 is 0 Å². The van der Waals surface area contributed by atoms with Gasteiger partial charge in [0, 0.05) is 18.7 Å². The van der Waals surface area contributed by atoms with Gasteiger partial charge in [0.05, 0.1) is 11.1 Å². The zero-order valence-corrected chi connectivity index (χ0v) is 19.1. The van der Waals surface area contributed by atoms with Crippen LogP contribution in [0.1, 0.15) is 51.1 Å². The molecule has 1 saturated heterocycles. The summed E-state index contributed by atoms with van der Waals surface area (Å²) >= 11 is 0. The molecule has 2 aliphatic rings. The Hall–Kier alpha value is -4.34. The summed E-state index contributed by atoms with van der Waals surface area (Å²) in [5.74, 6) is -3.72. The van der Waals surface area contributed by atoms with Crippen molar-refractivity contribution >= 4 is 41.1 Å². The second-order valence-corrected chi connectivity index (χ2v) is 8.51. The van der Waals surface area contributed by atoms with Crippen molar-refractivity contribution in [3.8, 4) is 0 Å². The van der Waals surface area contributed by atoms with Gasteiger partial charge in [0.25, 0.3) is 11.8 Å². The van der Waals surface area contributed by atoms with Gasteiger partial charge in [-0.05, 0) is 56.0 Å². The van der Waals surface area contributed by atoms with Gasteiger partial charge in [-0.25, -0.2) is 0 Å². The van der Waals surface area contributed by atoms with Gasteiger partial charge in [-0.2, -0.15) is 0 Å². The molecule has 180 valence electrons. The fraction of sp³-hybridized carbons (Fsp3) is 0.280. The quantitative estimate of drug-likeness (QED) is 0.324. The number of aryl methyl sites for hydroxylation is 2. The van der Waals surface area contributed by atoms with Crippen LogP contribution >= 0.6 is 0 Å². The Morgan fingerprint density at radius 2 is 1.69 bits per heavy atom. The van der Waals surface area contributed by atoms with Crippen LogP contribution in [0.5, 0.6) is 0 Å². The average molecular weight is 476 g/mol. The van der Waals surface area contributed by atoms with E-state index in [1.54, 1.807) is 30.3 Å². The van der Waals surface area contributed by atoms with Crippen LogP contribution in [0.25, 0.3) is 0 Å². The molecule has 2 aliphatic heterocycles. The first-order chi connectivity index (χ1) is 16.7. The molecule has 0 spiro atoms. The minimum Gasteiger partial charge on any atom is -0.348 e. The number of nitrogens with zero attached hydrogens (tertiary/aromatic N) is 1. The van der Waals surface area contributed by atoms with Crippen molar-refractivity contribution in [2.75, 3.05) is 11.9 Å². The monoisotopic (exact) mass is 476 g/mol. The van der Waals surface area contributed by atoms with Crippen molar-refractivity contribution < 1.29 is 28.8 Å². The van der Waals surface area contributed by atoms with Gasteiger partial charge in [-0.1, -0.05) is 23.8 Å². The Bertz CT molecular complexity index is 1240. The fourth-order valence-corrected chi connectivity index (χ4v) is 4.07. The summed E-state index contributed by atoms with van der Waals surface area (Å²) in [5.41, 5.74) is 2.75.